The van der Waals surface area contributed by atoms with Gasteiger partial charge >= 0.3 is 0 Å². The van der Waals surface area contributed by atoms with Gasteiger partial charge in [-0.25, -0.2) is 0 Å². The number of imide groups is 1. The molecule has 4 aliphatic rings. The van der Waals surface area contributed by atoms with Crippen molar-refractivity contribution in [2.45, 2.75) is 50.7 Å². The lowest BCUT2D eigenvalue weighted by molar-refractivity contribution is -0.192. The maximum Gasteiger partial charge on any atom is 0.260 e. The number of hydrogen-bond donors (Lipinski definition) is 2. The summed E-state index contributed by atoms with van der Waals surface area (Å²) >= 11 is 0. The van der Waals surface area contributed by atoms with Crippen molar-refractivity contribution in [1.29, 1.82) is 0 Å². The molecular formula is C21H30N2O7. The third-order valence-corrected chi connectivity index (χ3v) is 6.97. The Labute approximate surface area is 175 Å². The molecule has 9 heteroatoms. The lowest BCUT2D eigenvalue weighted by Gasteiger charge is -2.39. The Kier molecular flexibility index (Phi) is 6.24. The van der Waals surface area contributed by atoms with E-state index in [4.69, 9.17) is 9.57 Å². The van der Waals surface area contributed by atoms with Gasteiger partial charge in [0.05, 0.1) is 43.9 Å². The van der Waals surface area contributed by atoms with Crippen molar-refractivity contribution in [3.63, 3.8) is 0 Å². The number of likely N-dealkylation sites (tertiary alicyclic amines) is 1. The zero-order valence-electron chi connectivity index (χ0n) is 17.1. The quantitative estimate of drug-likeness (QED) is 0.305. The first kappa shape index (κ1) is 21.4. The molecule has 0 aromatic heterocycles. The summed E-state index contributed by atoms with van der Waals surface area (Å²) in [7, 11) is 0. The Morgan fingerprint density at radius 1 is 1.03 bits per heavy atom. The van der Waals surface area contributed by atoms with Gasteiger partial charge in [-0.15, -0.1) is 0 Å². The van der Waals surface area contributed by atoms with E-state index in [1.54, 1.807) is 4.90 Å². The predicted molar refractivity (Wildman–Crippen MR) is 103 cm³/mol. The molecule has 2 bridgehead atoms. The Balaban J connectivity index is 1.11. The normalized spacial score (nSPS) is 31.7. The van der Waals surface area contributed by atoms with E-state index in [9.17, 15) is 24.6 Å². The van der Waals surface area contributed by atoms with Crippen molar-refractivity contribution in [1.82, 2.24) is 9.96 Å². The Morgan fingerprint density at radius 2 is 1.63 bits per heavy atom. The number of fused-ring (bicyclic) bond motifs is 5. The average molecular weight is 422 g/mol. The maximum absolute atomic E-state index is 12.4. The van der Waals surface area contributed by atoms with Gasteiger partial charge in [0.25, 0.3) is 11.8 Å². The molecule has 4 unspecified atom stereocenters. The fourth-order valence-corrected chi connectivity index (χ4v) is 4.87. The predicted octanol–water partition coefficient (Wildman–Crippen LogP) is 0.0102. The molecule has 3 amide bonds. The zero-order chi connectivity index (χ0) is 21.3. The zero-order valence-corrected chi connectivity index (χ0v) is 17.1. The third-order valence-electron chi connectivity index (χ3n) is 6.97. The van der Waals surface area contributed by atoms with Gasteiger partial charge in [0.15, 0.2) is 0 Å². The van der Waals surface area contributed by atoms with Crippen molar-refractivity contribution >= 4 is 17.7 Å². The highest BCUT2D eigenvalue weighted by molar-refractivity contribution is 6.05. The van der Waals surface area contributed by atoms with Crippen LogP contribution >= 0.6 is 0 Å². The van der Waals surface area contributed by atoms with E-state index in [2.05, 4.69) is 0 Å². The molecule has 0 saturated carbocycles. The summed E-state index contributed by atoms with van der Waals surface area (Å²) in [5.74, 6) is -1.45. The van der Waals surface area contributed by atoms with Crippen molar-refractivity contribution in [3.05, 3.63) is 12.2 Å². The van der Waals surface area contributed by atoms with Gasteiger partial charge in [0.2, 0.25) is 5.91 Å². The standard InChI is InChI=1S/C21H30N2O7/c24-12-21(13-25)7-9-22(10-8-21)16(26)4-2-1-3-11-29-23-19(27)17-14-5-6-15(30-14)18(17)20(23)28/h5-6,14-15,17-18,24-25H,1-4,7-13H2. The van der Waals surface area contributed by atoms with Crippen LogP contribution < -0.4 is 0 Å². The smallest absolute Gasteiger partial charge is 0.260 e. The highest BCUT2D eigenvalue weighted by Crippen LogP contribution is 2.45. The molecule has 0 aromatic carbocycles. The average Bonchev–Trinajstić information content (AvgIpc) is 3.45. The highest BCUT2D eigenvalue weighted by Gasteiger charge is 2.61. The largest absolute Gasteiger partial charge is 0.396 e. The van der Waals surface area contributed by atoms with Gasteiger partial charge in [-0.05, 0) is 25.7 Å². The van der Waals surface area contributed by atoms with Crippen LogP contribution in [0.5, 0.6) is 0 Å². The number of carbonyl (C=O) groups excluding carboxylic acids is 3. The van der Waals surface area contributed by atoms with Crippen molar-refractivity contribution in [3.8, 4) is 0 Å². The van der Waals surface area contributed by atoms with Crippen LogP contribution in [0, 0.1) is 17.3 Å². The fraction of sp³-hybridized carbons (Fsp3) is 0.762. The van der Waals surface area contributed by atoms with Gasteiger partial charge in [-0.3, -0.25) is 19.2 Å². The molecule has 166 valence electrons. The lowest BCUT2D eigenvalue weighted by atomic mass is 9.80. The summed E-state index contributed by atoms with van der Waals surface area (Å²) in [6.07, 6.45) is 6.83. The molecule has 3 saturated heterocycles. The molecule has 4 heterocycles. The number of carbonyl (C=O) groups is 3. The number of piperidine rings is 1. The Hall–Kier alpha value is -1.81. The second-order valence-corrected chi connectivity index (χ2v) is 8.81. The van der Waals surface area contributed by atoms with Crippen LogP contribution in [-0.4, -0.2) is 83.0 Å². The Bertz CT molecular complexity index is 680. The van der Waals surface area contributed by atoms with Gasteiger partial charge in [-0.1, -0.05) is 18.6 Å². The molecule has 0 aromatic rings. The van der Waals surface area contributed by atoms with Crippen LogP contribution in [0.4, 0.5) is 0 Å². The van der Waals surface area contributed by atoms with E-state index in [0.717, 1.165) is 11.5 Å². The molecule has 4 atom stereocenters. The van der Waals surface area contributed by atoms with E-state index in [-0.39, 0.29) is 49.8 Å². The van der Waals surface area contributed by atoms with Crippen LogP contribution in [0.2, 0.25) is 0 Å². The van der Waals surface area contributed by atoms with Gasteiger partial charge in [-0.2, -0.15) is 5.06 Å². The topological polar surface area (TPSA) is 117 Å². The second kappa shape index (κ2) is 8.74. The first-order valence-electron chi connectivity index (χ1n) is 10.8. The van der Waals surface area contributed by atoms with Crippen LogP contribution in [0.3, 0.4) is 0 Å². The monoisotopic (exact) mass is 422 g/mol. The summed E-state index contributed by atoms with van der Waals surface area (Å²) < 4.78 is 5.59. The molecule has 9 nitrogen and oxygen atoms in total. The first-order chi connectivity index (χ1) is 14.5. The molecular weight excluding hydrogens is 392 g/mol. The Morgan fingerprint density at radius 3 is 2.20 bits per heavy atom. The SMILES string of the molecule is O=C(CCCCCON1C(=O)C2C3C=CC(O3)C2C1=O)N1CCC(CO)(CO)CC1. The molecule has 4 aliphatic heterocycles. The van der Waals surface area contributed by atoms with Gasteiger partial charge in [0.1, 0.15) is 0 Å². The van der Waals surface area contributed by atoms with Crippen LogP contribution in [-0.2, 0) is 24.0 Å². The summed E-state index contributed by atoms with van der Waals surface area (Å²) in [5, 5.41) is 19.8. The van der Waals surface area contributed by atoms with Crippen molar-refractivity contribution in [2.24, 2.45) is 17.3 Å². The van der Waals surface area contributed by atoms with Crippen LogP contribution in [0.1, 0.15) is 38.5 Å². The molecule has 2 N–H and O–H groups in total. The summed E-state index contributed by atoms with van der Waals surface area (Å²) in [6.45, 7) is 1.27. The second-order valence-electron chi connectivity index (χ2n) is 8.81. The number of ether oxygens (including phenoxy) is 1. The number of hydroxylamine groups is 2. The van der Waals surface area contributed by atoms with E-state index in [0.29, 0.717) is 45.2 Å². The first-order valence-corrected chi connectivity index (χ1v) is 10.8. The number of aliphatic hydroxyl groups is 2. The molecule has 0 aliphatic carbocycles. The fourth-order valence-electron chi connectivity index (χ4n) is 4.87. The van der Waals surface area contributed by atoms with Gasteiger partial charge in [0, 0.05) is 24.9 Å². The van der Waals surface area contributed by atoms with Crippen LogP contribution in [0.15, 0.2) is 12.2 Å². The minimum absolute atomic E-state index is 0.0557. The number of amides is 3. The van der Waals surface area contributed by atoms with Crippen molar-refractivity contribution < 1.29 is 34.2 Å². The summed E-state index contributed by atoms with van der Waals surface area (Å²) in [5.41, 5.74) is -0.460. The maximum atomic E-state index is 12.4. The molecule has 3 fully saturated rings. The third kappa shape index (κ3) is 3.79. The number of aliphatic hydroxyl groups excluding tert-OH is 2. The molecule has 30 heavy (non-hydrogen) atoms. The van der Waals surface area contributed by atoms with E-state index >= 15 is 0 Å². The lowest BCUT2D eigenvalue weighted by Crippen LogP contribution is -2.46. The molecule has 0 radical (unpaired) electrons. The van der Waals surface area contributed by atoms with Gasteiger partial charge < -0.3 is 19.8 Å². The highest BCUT2D eigenvalue weighted by atomic mass is 16.7. The minimum atomic E-state index is -0.460. The molecule has 0 spiro atoms. The van der Waals surface area contributed by atoms with Crippen LogP contribution in [0.25, 0.3) is 0 Å². The number of nitrogens with zero attached hydrogens (tertiary/aromatic N) is 2. The minimum Gasteiger partial charge on any atom is -0.396 e. The number of hydrogen-bond acceptors (Lipinski definition) is 7. The van der Waals surface area contributed by atoms with E-state index in [1.807, 2.05) is 12.2 Å². The van der Waals surface area contributed by atoms with E-state index in [1.165, 1.54) is 0 Å². The molecule has 4 rings (SSSR count). The van der Waals surface area contributed by atoms with Crippen molar-refractivity contribution in [2.75, 3.05) is 32.9 Å². The number of rotatable bonds is 9. The van der Waals surface area contributed by atoms with E-state index < -0.39 is 17.3 Å². The number of unbranched alkanes of at least 4 members (excludes halogenated alkanes) is 2. The summed E-state index contributed by atoms with van der Waals surface area (Å²) in [4.78, 5) is 44.5. The summed E-state index contributed by atoms with van der Waals surface area (Å²) in [6, 6.07) is 0.